The van der Waals surface area contributed by atoms with Gasteiger partial charge >= 0.3 is 0 Å². The molecule has 6 nitrogen and oxygen atoms in total. The van der Waals surface area contributed by atoms with Gasteiger partial charge in [0.05, 0.1) is 17.5 Å². The fraction of sp³-hybridized carbons (Fsp3) is 0.412. The van der Waals surface area contributed by atoms with Crippen molar-refractivity contribution < 1.29 is 4.68 Å². The molecule has 0 unspecified atom stereocenters. The van der Waals surface area contributed by atoms with E-state index in [-0.39, 0.29) is 6.04 Å². The average Bonchev–Trinajstić information content (AvgIpc) is 3.32. The second-order valence-electron chi connectivity index (χ2n) is 6.18. The highest BCUT2D eigenvalue weighted by Crippen LogP contribution is 2.32. The SMILES string of the molecule is [C-]#[N+]C[C@H](C1CCCC1)[n+]1cc(-c2ncnc3[nH]ccc23)c[nH]1. The summed E-state index contributed by atoms with van der Waals surface area (Å²) in [5.41, 5.74) is 2.79. The maximum atomic E-state index is 7.28. The minimum Gasteiger partial charge on any atom is -0.346 e. The molecular formula is C17H19N6+. The van der Waals surface area contributed by atoms with E-state index in [0.29, 0.717) is 12.5 Å². The molecule has 23 heavy (non-hydrogen) atoms. The lowest BCUT2D eigenvalue weighted by Gasteiger charge is -2.11. The number of fused-ring (bicyclic) bond motifs is 1. The fourth-order valence-electron chi connectivity index (χ4n) is 3.69. The summed E-state index contributed by atoms with van der Waals surface area (Å²) in [5, 5.41) is 4.34. The van der Waals surface area contributed by atoms with Crippen LogP contribution in [0.15, 0.2) is 31.0 Å². The van der Waals surface area contributed by atoms with Gasteiger partial charge in [0.1, 0.15) is 12.0 Å². The maximum Gasteiger partial charge on any atom is 0.277 e. The Kier molecular flexibility index (Phi) is 3.54. The molecule has 0 amide bonds. The van der Waals surface area contributed by atoms with Crippen molar-refractivity contribution in [1.82, 2.24) is 20.1 Å². The molecule has 4 rings (SSSR count). The molecule has 1 fully saturated rings. The van der Waals surface area contributed by atoms with Gasteiger partial charge in [0.2, 0.25) is 6.20 Å². The van der Waals surface area contributed by atoms with Crippen LogP contribution >= 0.6 is 0 Å². The van der Waals surface area contributed by atoms with Crippen molar-refractivity contribution >= 4 is 11.0 Å². The van der Waals surface area contributed by atoms with Crippen molar-refractivity contribution in [3.63, 3.8) is 0 Å². The zero-order chi connectivity index (χ0) is 15.6. The molecule has 3 aromatic rings. The predicted octanol–water partition coefficient (Wildman–Crippen LogP) is 2.89. The first kappa shape index (κ1) is 13.9. The van der Waals surface area contributed by atoms with E-state index < -0.39 is 0 Å². The highest BCUT2D eigenvalue weighted by molar-refractivity contribution is 5.89. The topological polar surface area (TPSA) is 65.6 Å². The highest BCUT2D eigenvalue weighted by atomic mass is 15.3. The summed E-state index contributed by atoms with van der Waals surface area (Å²) < 4.78 is 2.10. The number of nitrogens with zero attached hydrogens (tertiary/aromatic N) is 4. The maximum absolute atomic E-state index is 7.28. The molecule has 0 saturated heterocycles. The van der Waals surface area contributed by atoms with E-state index in [2.05, 4.69) is 35.8 Å². The van der Waals surface area contributed by atoms with Gasteiger partial charge in [0.25, 0.3) is 12.6 Å². The molecule has 0 bridgehead atoms. The summed E-state index contributed by atoms with van der Waals surface area (Å²) in [7, 11) is 0. The van der Waals surface area contributed by atoms with Crippen LogP contribution in [-0.4, -0.2) is 26.6 Å². The summed E-state index contributed by atoms with van der Waals surface area (Å²) in [6.07, 6.45) is 12.5. The van der Waals surface area contributed by atoms with Crippen LogP contribution < -0.4 is 4.68 Å². The molecule has 1 aliphatic carbocycles. The van der Waals surface area contributed by atoms with E-state index in [9.17, 15) is 0 Å². The summed E-state index contributed by atoms with van der Waals surface area (Å²) >= 11 is 0. The Morgan fingerprint density at radius 1 is 1.35 bits per heavy atom. The Labute approximate surface area is 134 Å². The summed E-state index contributed by atoms with van der Waals surface area (Å²) in [5.74, 6) is 0.596. The van der Waals surface area contributed by atoms with Crippen LogP contribution in [-0.2, 0) is 0 Å². The van der Waals surface area contributed by atoms with Crippen LogP contribution in [0.4, 0.5) is 0 Å². The predicted molar refractivity (Wildman–Crippen MR) is 86.3 cm³/mol. The van der Waals surface area contributed by atoms with Gasteiger partial charge in [0.15, 0.2) is 0 Å². The van der Waals surface area contributed by atoms with Crippen LogP contribution in [0.1, 0.15) is 31.7 Å². The molecule has 3 aromatic heterocycles. The number of H-pyrrole nitrogens is 2. The van der Waals surface area contributed by atoms with Crippen LogP contribution in [0.3, 0.4) is 0 Å². The normalized spacial score (nSPS) is 16.7. The number of hydrogen-bond donors (Lipinski definition) is 2. The second kappa shape index (κ2) is 5.84. The van der Waals surface area contributed by atoms with E-state index in [4.69, 9.17) is 6.57 Å². The van der Waals surface area contributed by atoms with Crippen molar-refractivity contribution in [1.29, 1.82) is 0 Å². The van der Waals surface area contributed by atoms with Gasteiger partial charge in [-0.05, 0) is 18.9 Å². The standard InChI is InChI=1S/C17H18N6/c1-18-9-15(12-4-2-3-5-12)23-10-13(8-22-23)16-14-6-7-19-17(14)21-11-20-16/h6-8,10-12,15H,2-5,9H2,(H,19,20,21)/p+1/t15-/m1/s1. The lowest BCUT2D eigenvalue weighted by Crippen LogP contribution is -2.45. The number of rotatable bonds is 4. The molecule has 0 radical (unpaired) electrons. The van der Waals surface area contributed by atoms with Gasteiger partial charge in [-0.25, -0.2) is 16.5 Å². The lowest BCUT2D eigenvalue weighted by molar-refractivity contribution is -0.776. The molecule has 3 heterocycles. The summed E-state index contributed by atoms with van der Waals surface area (Å²) in [6.45, 7) is 7.80. The third-order valence-electron chi connectivity index (χ3n) is 4.85. The zero-order valence-electron chi connectivity index (χ0n) is 12.9. The first-order valence-corrected chi connectivity index (χ1v) is 8.08. The van der Waals surface area contributed by atoms with Crippen molar-refractivity contribution in [2.45, 2.75) is 31.7 Å². The number of aromatic amines is 2. The highest BCUT2D eigenvalue weighted by Gasteiger charge is 2.36. The van der Waals surface area contributed by atoms with Gasteiger partial charge in [-0.2, -0.15) is 5.10 Å². The fourth-order valence-corrected chi connectivity index (χ4v) is 3.69. The molecule has 2 N–H and O–H groups in total. The quantitative estimate of drug-likeness (QED) is 0.575. The molecule has 0 spiro atoms. The molecule has 1 atom stereocenters. The molecule has 116 valence electrons. The summed E-state index contributed by atoms with van der Waals surface area (Å²) in [6, 6.07) is 2.22. The van der Waals surface area contributed by atoms with Gasteiger partial charge in [-0.3, -0.25) is 0 Å². The van der Waals surface area contributed by atoms with Crippen molar-refractivity contribution in [2.24, 2.45) is 5.92 Å². The Bertz CT molecular complexity index is 849. The second-order valence-corrected chi connectivity index (χ2v) is 6.18. The Balaban J connectivity index is 1.70. The minimum atomic E-state index is 0.229. The molecule has 0 aromatic carbocycles. The third kappa shape index (κ3) is 2.48. The Morgan fingerprint density at radius 3 is 3.04 bits per heavy atom. The molecule has 6 heteroatoms. The van der Waals surface area contributed by atoms with Gasteiger partial charge in [-0.1, -0.05) is 12.8 Å². The number of hydrogen-bond acceptors (Lipinski definition) is 2. The Hall–Kier alpha value is -2.68. The minimum absolute atomic E-state index is 0.229. The van der Waals surface area contributed by atoms with Crippen LogP contribution in [0.2, 0.25) is 0 Å². The first-order chi connectivity index (χ1) is 11.4. The number of nitrogens with one attached hydrogen (secondary N) is 2. The monoisotopic (exact) mass is 307 g/mol. The Morgan fingerprint density at radius 2 is 2.22 bits per heavy atom. The smallest absolute Gasteiger partial charge is 0.277 e. The van der Waals surface area contributed by atoms with Crippen LogP contribution in [0.25, 0.3) is 27.1 Å². The largest absolute Gasteiger partial charge is 0.346 e. The molecule has 0 aliphatic heterocycles. The number of aromatic nitrogens is 5. The van der Waals surface area contributed by atoms with Gasteiger partial charge in [0, 0.05) is 17.5 Å². The van der Waals surface area contributed by atoms with E-state index in [0.717, 1.165) is 22.3 Å². The summed E-state index contributed by atoms with van der Waals surface area (Å²) in [4.78, 5) is 15.5. The van der Waals surface area contributed by atoms with E-state index in [1.807, 2.05) is 18.5 Å². The van der Waals surface area contributed by atoms with Crippen molar-refractivity contribution in [2.75, 3.05) is 6.54 Å². The molecule has 1 aliphatic rings. The average molecular weight is 307 g/mol. The van der Waals surface area contributed by atoms with E-state index >= 15 is 0 Å². The zero-order valence-corrected chi connectivity index (χ0v) is 12.9. The molecule has 1 saturated carbocycles. The lowest BCUT2D eigenvalue weighted by atomic mass is 9.98. The van der Waals surface area contributed by atoms with Crippen LogP contribution in [0.5, 0.6) is 0 Å². The van der Waals surface area contributed by atoms with E-state index in [1.54, 1.807) is 6.33 Å². The van der Waals surface area contributed by atoms with Gasteiger partial charge < -0.3 is 9.83 Å². The van der Waals surface area contributed by atoms with Crippen LogP contribution in [0, 0.1) is 12.5 Å². The first-order valence-electron chi connectivity index (χ1n) is 8.08. The van der Waals surface area contributed by atoms with Crippen molar-refractivity contribution in [3.05, 3.63) is 42.4 Å². The van der Waals surface area contributed by atoms with Gasteiger partial charge in [-0.15, -0.1) is 4.68 Å². The van der Waals surface area contributed by atoms with E-state index in [1.165, 1.54) is 25.7 Å². The van der Waals surface area contributed by atoms with Crippen molar-refractivity contribution in [3.8, 4) is 11.3 Å². The third-order valence-corrected chi connectivity index (χ3v) is 4.85. The molecular weight excluding hydrogens is 288 g/mol.